The minimum atomic E-state index is -3.71. The highest BCUT2D eigenvalue weighted by atomic mass is 32.2. The van der Waals surface area contributed by atoms with Crippen LogP contribution in [0.1, 0.15) is 18.4 Å². The molecule has 2 aliphatic rings. The predicted octanol–water partition coefficient (Wildman–Crippen LogP) is 0.650. The predicted molar refractivity (Wildman–Crippen MR) is 77.4 cm³/mol. The van der Waals surface area contributed by atoms with Gasteiger partial charge in [-0.1, -0.05) is 0 Å². The zero-order valence-corrected chi connectivity index (χ0v) is 12.4. The normalized spacial score (nSPS) is 22.1. The third-order valence-electron chi connectivity index (χ3n) is 4.05. The Morgan fingerprint density at radius 3 is 2.86 bits per heavy atom. The molecule has 1 amide bonds. The van der Waals surface area contributed by atoms with Crippen LogP contribution in [0.5, 0.6) is 0 Å². The Balaban J connectivity index is 1.85. The van der Waals surface area contributed by atoms with Gasteiger partial charge in [0.2, 0.25) is 15.9 Å². The maximum atomic E-state index is 12.5. The molecule has 0 aromatic heterocycles. The number of hydrogen-bond donors (Lipinski definition) is 1. The summed E-state index contributed by atoms with van der Waals surface area (Å²) in [6.45, 7) is 1.77. The standard InChI is InChI=1S/C14H18N2O4S/c15-21(18,19)12-3-4-13-10(8-12)5-6-16(13)14(17)11-2-1-7-20-9-11/h3-4,8,11H,1-2,5-7,9H2,(H2,15,18,19). The lowest BCUT2D eigenvalue weighted by Gasteiger charge is -2.26. The van der Waals surface area contributed by atoms with E-state index in [-0.39, 0.29) is 16.7 Å². The molecule has 1 unspecified atom stereocenters. The molecule has 1 aromatic carbocycles. The van der Waals surface area contributed by atoms with Crippen molar-refractivity contribution in [2.45, 2.75) is 24.2 Å². The molecule has 1 saturated heterocycles. The first-order valence-electron chi connectivity index (χ1n) is 7.01. The van der Waals surface area contributed by atoms with E-state index < -0.39 is 10.0 Å². The number of anilines is 1. The number of carbonyl (C=O) groups excluding carboxylic acids is 1. The number of primary sulfonamides is 1. The highest BCUT2D eigenvalue weighted by Crippen LogP contribution is 2.32. The lowest BCUT2D eigenvalue weighted by atomic mass is 10.0. The number of benzene rings is 1. The van der Waals surface area contributed by atoms with E-state index in [1.54, 1.807) is 17.0 Å². The molecule has 2 aliphatic heterocycles. The number of nitrogens with two attached hydrogens (primary N) is 1. The first-order chi connectivity index (χ1) is 9.97. The fourth-order valence-corrected chi connectivity index (χ4v) is 3.50. The van der Waals surface area contributed by atoms with Gasteiger partial charge in [0, 0.05) is 18.8 Å². The van der Waals surface area contributed by atoms with Crippen molar-refractivity contribution in [1.29, 1.82) is 0 Å². The number of sulfonamides is 1. The number of hydrogen-bond acceptors (Lipinski definition) is 4. The van der Waals surface area contributed by atoms with Crippen LogP contribution in [-0.4, -0.2) is 34.1 Å². The monoisotopic (exact) mass is 310 g/mol. The van der Waals surface area contributed by atoms with E-state index in [0.717, 1.165) is 30.7 Å². The van der Waals surface area contributed by atoms with E-state index in [2.05, 4.69) is 0 Å². The van der Waals surface area contributed by atoms with Crippen molar-refractivity contribution < 1.29 is 17.9 Å². The van der Waals surface area contributed by atoms with E-state index in [0.29, 0.717) is 19.6 Å². The molecule has 21 heavy (non-hydrogen) atoms. The summed E-state index contributed by atoms with van der Waals surface area (Å²) < 4.78 is 28.1. The van der Waals surface area contributed by atoms with Crippen LogP contribution in [0.4, 0.5) is 5.69 Å². The van der Waals surface area contributed by atoms with Gasteiger partial charge in [-0.25, -0.2) is 13.6 Å². The number of amides is 1. The quantitative estimate of drug-likeness (QED) is 0.868. The maximum absolute atomic E-state index is 12.5. The molecule has 0 saturated carbocycles. The Hall–Kier alpha value is -1.44. The summed E-state index contributed by atoms with van der Waals surface area (Å²) in [7, 11) is -3.71. The summed E-state index contributed by atoms with van der Waals surface area (Å²) in [5.74, 6) is -0.0283. The second-order valence-electron chi connectivity index (χ2n) is 5.49. The molecular weight excluding hydrogens is 292 g/mol. The molecule has 2 N–H and O–H groups in total. The first kappa shape index (κ1) is 14.5. The second-order valence-corrected chi connectivity index (χ2v) is 7.05. The van der Waals surface area contributed by atoms with E-state index in [1.807, 2.05) is 0 Å². The van der Waals surface area contributed by atoms with Gasteiger partial charge in [0.1, 0.15) is 0 Å². The highest BCUT2D eigenvalue weighted by molar-refractivity contribution is 7.89. The van der Waals surface area contributed by atoms with Crippen molar-refractivity contribution in [2.75, 3.05) is 24.7 Å². The van der Waals surface area contributed by atoms with Gasteiger partial charge in [-0.2, -0.15) is 0 Å². The molecule has 114 valence electrons. The largest absolute Gasteiger partial charge is 0.381 e. The lowest BCUT2D eigenvalue weighted by molar-refractivity contribution is -0.126. The second kappa shape index (κ2) is 5.40. The number of ether oxygens (including phenoxy) is 1. The average molecular weight is 310 g/mol. The van der Waals surface area contributed by atoms with Gasteiger partial charge >= 0.3 is 0 Å². The van der Waals surface area contributed by atoms with Crippen molar-refractivity contribution in [2.24, 2.45) is 11.1 Å². The van der Waals surface area contributed by atoms with Gasteiger partial charge in [0.25, 0.3) is 0 Å². The molecule has 7 heteroatoms. The number of fused-ring (bicyclic) bond motifs is 1. The van der Waals surface area contributed by atoms with Crippen LogP contribution < -0.4 is 10.0 Å². The summed E-state index contributed by atoms with van der Waals surface area (Å²) in [5.41, 5.74) is 1.64. The Morgan fingerprint density at radius 1 is 1.38 bits per heavy atom. The molecule has 2 heterocycles. The van der Waals surface area contributed by atoms with Crippen LogP contribution in [0, 0.1) is 5.92 Å². The van der Waals surface area contributed by atoms with Crippen molar-refractivity contribution in [3.8, 4) is 0 Å². The summed E-state index contributed by atoms with van der Waals surface area (Å²) >= 11 is 0. The molecule has 0 aliphatic carbocycles. The molecule has 3 rings (SSSR count). The molecule has 6 nitrogen and oxygen atoms in total. The van der Waals surface area contributed by atoms with E-state index >= 15 is 0 Å². The van der Waals surface area contributed by atoms with Gasteiger partial charge in [-0.15, -0.1) is 0 Å². The molecular formula is C14H18N2O4S. The van der Waals surface area contributed by atoms with Crippen molar-refractivity contribution in [3.63, 3.8) is 0 Å². The Kier molecular flexibility index (Phi) is 3.73. The van der Waals surface area contributed by atoms with E-state index in [4.69, 9.17) is 9.88 Å². The van der Waals surface area contributed by atoms with Crippen LogP contribution in [0.3, 0.4) is 0 Å². The molecule has 1 fully saturated rings. The fraction of sp³-hybridized carbons (Fsp3) is 0.500. The van der Waals surface area contributed by atoms with Crippen LogP contribution in [0.15, 0.2) is 23.1 Å². The van der Waals surface area contributed by atoms with Crippen LogP contribution in [0.25, 0.3) is 0 Å². The topological polar surface area (TPSA) is 89.7 Å². The molecule has 1 atom stereocenters. The minimum Gasteiger partial charge on any atom is -0.381 e. The van der Waals surface area contributed by atoms with Gasteiger partial charge in [-0.05, 0) is 43.0 Å². The summed E-state index contributed by atoms with van der Waals surface area (Å²) in [6.07, 6.45) is 2.40. The SMILES string of the molecule is NS(=O)(=O)c1ccc2c(c1)CCN2C(=O)C1CCCOC1. The summed E-state index contributed by atoms with van der Waals surface area (Å²) in [6, 6.07) is 4.69. The number of nitrogens with zero attached hydrogens (tertiary/aromatic N) is 1. The number of rotatable bonds is 2. The van der Waals surface area contributed by atoms with E-state index in [1.165, 1.54) is 6.07 Å². The molecule has 1 aromatic rings. The van der Waals surface area contributed by atoms with Gasteiger partial charge in [0.05, 0.1) is 17.4 Å². The summed E-state index contributed by atoms with van der Waals surface area (Å²) in [4.78, 5) is 14.4. The smallest absolute Gasteiger partial charge is 0.238 e. The number of carbonyl (C=O) groups is 1. The van der Waals surface area contributed by atoms with Crippen molar-refractivity contribution in [1.82, 2.24) is 0 Å². The molecule has 0 radical (unpaired) electrons. The minimum absolute atomic E-state index is 0.0665. The van der Waals surface area contributed by atoms with Crippen LogP contribution >= 0.6 is 0 Å². The fourth-order valence-electron chi connectivity index (χ4n) is 2.94. The van der Waals surface area contributed by atoms with Gasteiger partial charge < -0.3 is 9.64 Å². The maximum Gasteiger partial charge on any atom is 0.238 e. The van der Waals surface area contributed by atoms with Crippen LogP contribution in [-0.2, 0) is 26.0 Å². The zero-order chi connectivity index (χ0) is 15.0. The van der Waals surface area contributed by atoms with Crippen LogP contribution in [0.2, 0.25) is 0 Å². The summed E-state index contributed by atoms with van der Waals surface area (Å²) in [5, 5.41) is 5.14. The first-order valence-corrected chi connectivity index (χ1v) is 8.56. The molecule has 0 bridgehead atoms. The van der Waals surface area contributed by atoms with Gasteiger partial charge in [0.15, 0.2) is 0 Å². The Morgan fingerprint density at radius 2 is 2.19 bits per heavy atom. The third kappa shape index (κ3) is 2.81. The Bertz CT molecular complexity index is 666. The van der Waals surface area contributed by atoms with Crippen molar-refractivity contribution >= 4 is 21.6 Å². The third-order valence-corrected chi connectivity index (χ3v) is 4.96. The Labute approximate surface area is 123 Å². The van der Waals surface area contributed by atoms with Crippen molar-refractivity contribution in [3.05, 3.63) is 23.8 Å². The lowest BCUT2D eigenvalue weighted by Crippen LogP contribution is -2.38. The zero-order valence-electron chi connectivity index (χ0n) is 11.6. The molecule has 0 spiro atoms. The van der Waals surface area contributed by atoms with Gasteiger partial charge in [-0.3, -0.25) is 4.79 Å². The average Bonchev–Trinajstić information content (AvgIpc) is 2.89. The van der Waals surface area contributed by atoms with E-state index in [9.17, 15) is 13.2 Å². The highest BCUT2D eigenvalue weighted by Gasteiger charge is 2.31.